The van der Waals surface area contributed by atoms with Gasteiger partial charge in [0.2, 0.25) is 0 Å². The average Bonchev–Trinajstić information content (AvgIpc) is 3.09. The van der Waals surface area contributed by atoms with Crippen LogP contribution in [0.2, 0.25) is 0 Å². The fourth-order valence-corrected chi connectivity index (χ4v) is 4.27. The number of rotatable bonds is 6. The van der Waals surface area contributed by atoms with E-state index in [1.807, 2.05) is 19.9 Å². The highest BCUT2D eigenvalue weighted by Crippen LogP contribution is 2.40. The second kappa shape index (κ2) is 9.65. The Bertz CT molecular complexity index is 1150. The van der Waals surface area contributed by atoms with Crippen molar-refractivity contribution in [2.24, 2.45) is 10.9 Å². The summed E-state index contributed by atoms with van der Waals surface area (Å²) in [7, 11) is 1.31. The smallest absolute Gasteiger partial charge is 0.336 e. The molecule has 0 radical (unpaired) electrons. The predicted octanol–water partition coefficient (Wildman–Crippen LogP) is 3.91. The van der Waals surface area contributed by atoms with Crippen LogP contribution in [0.15, 0.2) is 46.6 Å². The van der Waals surface area contributed by atoms with Gasteiger partial charge in [0.1, 0.15) is 5.92 Å². The number of allylic oxidation sites excluding steroid dienone is 1. The monoisotopic (exact) mass is 433 g/mol. The number of aromatic nitrogens is 1. The number of benzene rings is 1. The molecule has 0 aliphatic carbocycles. The molecule has 2 aromatic rings. The summed E-state index contributed by atoms with van der Waals surface area (Å²) in [5.74, 6) is -2.45. The fourth-order valence-electron chi connectivity index (χ4n) is 4.27. The lowest BCUT2D eigenvalue weighted by molar-refractivity contribution is -0.144. The third-order valence-corrected chi connectivity index (χ3v) is 5.74. The molecule has 166 valence electrons. The van der Waals surface area contributed by atoms with Gasteiger partial charge in [0.05, 0.1) is 30.9 Å². The Hall–Kier alpha value is -3.66. The van der Waals surface area contributed by atoms with Crippen molar-refractivity contribution in [1.82, 2.24) is 4.98 Å². The van der Waals surface area contributed by atoms with Gasteiger partial charge in [-0.05, 0) is 57.0 Å². The SMILES string of the molecule is COC(=O)C1C(C)=NC(C)=C(C(=O)OCCc2cc(C)[nH]c2C)C1c1cccc(C#N)c1. The number of esters is 2. The van der Waals surface area contributed by atoms with Crippen LogP contribution in [0.1, 0.15) is 47.8 Å². The topological polar surface area (TPSA) is 105 Å². The predicted molar refractivity (Wildman–Crippen MR) is 120 cm³/mol. The van der Waals surface area contributed by atoms with Gasteiger partial charge in [-0.1, -0.05) is 12.1 Å². The number of aromatic amines is 1. The summed E-state index contributed by atoms with van der Waals surface area (Å²) in [6.45, 7) is 7.63. The number of hydrogen-bond donors (Lipinski definition) is 1. The summed E-state index contributed by atoms with van der Waals surface area (Å²) >= 11 is 0. The van der Waals surface area contributed by atoms with Crippen molar-refractivity contribution in [1.29, 1.82) is 5.26 Å². The van der Waals surface area contributed by atoms with Crippen LogP contribution >= 0.6 is 0 Å². The number of methoxy groups -OCH3 is 1. The molecule has 2 unspecified atom stereocenters. The Balaban J connectivity index is 1.94. The van der Waals surface area contributed by atoms with E-state index in [4.69, 9.17) is 9.47 Å². The molecule has 2 heterocycles. The molecule has 0 fully saturated rings. The van der Waals surface area contributed by atoms with E-state index in [-0.39, 0.29) is 6.61 Å². The molecule has 0 saturated carbocycles. The third-order valence-electron chi connectivity index (χ3n) is 5.74. The van der Waals surface area contributed by atoms with Crippen LogP contribution in [-0.4, -0.2) is 36.4 Å². The minimum atomic E-state index is -0.783. The van der Waals surface area contributed by atoms with Crippen LogP contribution in [0.3, 0.4) is 0 Å². The maximum absolute atomic E-state index is 13.2. The molecular formula is C25H27N3O4. The highest BCUT2D eigenvalue weighted by molar-refractivity contribution is 6.07. The van der Waals surface area contributed by atoms with E-state index in [2.05, 4.69) is 16.0 Å². The zero-order valence-electron chi connectivity index (χ0n) is 19.0. The number of aliphatic imine (C=N–C) groups is 1. The first-order valence-corrected chi connectivity index (χ1v) is 10.4. The number of aryl methyl sites for hydroxylation is 2. The van der Waals surface area contributed by atoms with Crippen molar-refractivity contribution < 1.29 is 19.1 Å². The minimum Gasteiger partial charge on any atom is -0.468 e. The number of nitrogens with one attached hydrogen (secondary N) is 1. The molecule has 0 bridgehead atoms. The lowest BCUT2D eigenvalue weighted by atomic mass is 9.75. The second-order valence-corrected chi connectivity index (χ2v) is 7.96. The zero-order chi connectivity index (χ0) is 23.4. The maximum Gasteiger partial charge on any atom is 0.336 e. The summed E-state index contributed by atoms with van der Waals surface area (Å²) in [5, 5.41) is 9.34. The number of H-pyrrole nitrogens is 1. The lowest BCUT2D eigenvalue weighted by Crippen LogP contribution is -2.36. The molecule has 1 aromatic carbocycles. The van der Waals surface area contributed by atoms with Gasteiger partial charge in [-0.2, -0.15) is 5.26 Å². The van der Waals surface area contributed by atoms with E-state index in [9.17, 15) is 14.9 Å². The summed E-state index contributed by atoms with van der Waals surface area (Å²) in [4.78, 5) is 33.6. The Kier molecular flexibility index (Phi) is 6.94. The quantitative estimate of drug-likeness (QED) is 0.696. The molecule has 1 aromatic heterocycles. The number of carbonyl (C=O) groups is 2. The Morgan fingerprint density at radius 3 is 2.56 bits per heavy atom. The van der Waals surface area contributed by atoms with Crippen molar-refractivity contribution >= 4 is 17.7 Å². The minimum absolute atomic E-state index is 0.199. The summed E-state index contributed by atoms with van der Waals surface area (Å²) in [6.07, 6.45) is 0.575. The van der Waals surface area contributed by atoms with Crippen molar-refractivity contribution in [2.75, 3.05) is 13.7 Å². The first kappa shape index (κ1) is 23.0. The number of nitrogens with zero attached hydrogens (tertiary/aromatic N) is 2. The molecule has 32 heavy (non-hydrogen) atoms. The molecule has 1 N–H and O–H groups in total. The fraction of sp³-hybridized carbons (Fsp3) is 0.360. The van der Waals surface area contributed by atoms with Crippen molar-refractivity contribution in [3.05, 3.63) is 69.7 Å². The van der Waals surface area contributed by atoms with Crippen LogP contribution in [-0.2, 0) is 25.5 Å². The third kappa shape index (κ3) is 4.65. The largest absolute Gasteiger partial charge is 0.468 e. The van der Waals surface area contributed by atoms with E-state index in [0.29, 0.717) is 34.5 Å². The summed E-state index contributed by atoms with van der Waals surface area (Å²) < 4.78 is 10.7. The van der Waals surface area contributed by atoms with Crippen LogP contribution in [0.4, 0.5) is 0 Å². The van der Waals surface area contributed by atoms with Gasteiger partial charge < -0.3 is 14.5 Å². The van der Waals surface area contributed by atoms with Gasteiger partial charge in [-0.3, -0.25) is 9.79 Å². The number of carbonyl (C=O) groups excluding carboxylic acids is 2. The first-order valence-electron chi connectivity index (χ1n) is 10.4. The van der Waals surface area contributed by atoms with Gasteiger partial charge in [-0.15, -0.1) is 0 Å². The van der Waals surface area contributed by atoms with E-state index < -0.39 is 23.8 Å². The molecule has 0 amide bonds. The Morgan fingerprint density at radius 2 is 1.94 bits per heavy atom. The summed E-state index contributed by atoms with van der Waals surface area (Å²) in [5.41, 5.74) is 5.64. The van der Waals surface area contributed by atoms with Crippen LogP contribution < -0.4 is 0 Å². The van der Waals surface area contributed by atoms with E-state index in [0.717, 1.165) is 17.0 Å². The van der Waals surface area contributed by atoms with Gasteiger partial charge >= 0.3 is 11.9 Å². The van der Waals surface area contributed by atoms with Crippen LogP contribution in [0, 0.1) is 31.1 Å². The number of hydrogen-bond acceptors (Lipinski definition) is 6. The van der Waals surface area contributed by atoms with E-state index in [1.54, 1.807) is 38.1 Å². The zero-order valence-corrected chi connectivity index (χ0v) is 19.0. The molecular weight excluding hydrogens is 406 g/mol. The molecule has 0 spiro atoms. The normalized spacial score (nSPS) is 18.1. The Labute approximate surface area is 187 Å². The van der Waals surface area contributed by atoms with E-state index >= 15 is 0 Å². The molecule has 1 aliphatic heterocycles. The molecule has 1 aliphatic rings. The van der Waals surface area contributed by atoms with Crippen molar-refractivity contribution in [3.63, 3.8) is 0 Å². The standard InChI is InChI=1S/C25H27N3O4/c1-14-11-19(15(2)27-14)9-10-32-25(30)22-17(4)28-16(3)21(24(29)31-5)23(22)20-8-6-7-18(12-20)13-26/h6-8,11-12,21,23,27H,9-10H2,1-5H3. The molecule has 7 nitrogen and oxygen atoms in total. The Morgan fingerprint density at radius 1 is 1.19 bits per heavy atom. The van der Waals surface area contributed by atoms with E-state index in [1.165, 1.54) is 7.11 Å². The van der Waals surface area contributed by atoms with Crippen molar-refractivity contribution in [3.8, 4) is 6.07 Å². The average molecular weight is 434 g/mol. The highest BCUT2D eigenvalue weighted by atomic mass is 16.5. The van der Waals surface area contributed by atoms with Crippen LogP contribution in [0.5, 0.6) is 0 Å². The molecule has 2 atom stereocenters. The maximum atomic E-state index is 13.2. The first-order chi connectivity index (χ1) is 15.3. The summed E-state index contributed by atoms with van der Waals surface area (Å²) in [6, 6.07) is 11.0. The van der Waals surface area contributed by atoms with Gasteiger partial charge in [0.15, 0.2) is 0 Å². The van der Waals surface area contributed by atoms with Crippen LogP contribution in [0.25, 0.3) is 0 Å². The van der Waals surface area contributed by atoms with Gasteiger partial charge in [0, 0.05) is 35.1 Å². The highest BCUT2D eigenvalue weighted by Gasteiger charge is 2.42. The van der Waals surface area contributed by atoms with Crippen molar-refractivity contribution in [2.45, 2.75) is 40.0 Å². The van der Waals surface area contributed by atoms with Gasteiger partial charge in [0.25, 0.3) is 0 Å². The number of nitriles is 1. The molecule has 0 saturated heterocycles. The van der Waals surface area contributed by atoms with Gasteiger partial charge in [-0.25, -0.2) is 4.79 Å². The molecule has 3 rings (SSSR count). The molecule has 7 heteroatoms. The lowest BCUT2D eigenvalue weighted by Gasteiger charge is -2.31. The number of ether oxygens (including phenoxy) is 2. The second-order valence-electron chi connectivity index (χ2n) is 7.96.